The van der Waals surface area contributed by atoms with Gasteiger partial charge in [0.05, 0.1) is 13.0 Å². The third-order valence-corrected chi connectivity index (χ3v) is 8.29. The van der Waals surface area contributed by atoms with Gasteiger partial charge in [0, 0.05) is 49.2 Å². The number of aldehydes is 1. The average molecular weight is 679 g/mol. The molecule has 0 aliphatic carbocycles. The third-order valence-electron chi connectivity index (χ3n) is 8.29. The summed E-state index contributed by atoms with van der Waals surface area (Å²) in [6, 6.07) is 4.29. The van der Waals surface area contributed by atoms with Crippen LogP contribution in [-0.2, 0) is 30.3 Å². The molecule has 0 radical (unpaired) electrons. The van der Waals surface area contributed by atoms with E-state index in [1.165, 1.54) is 35.4 Å². The fourth-order valence-corrected chi connectivity index (χ4v) is 5.74. The number of esters is 1. The minimum Gasteiger partial charge on any atom is -0.460 e. The molecule has 0 spiro atoms. The highest BCUT2D eigenvalue weighted by Crippen LogP contribution is 2.26. The molecule has 1 aromatic heterocycles. The normalized spacial score (nSPS) is 25.1. The molecule has 0 saturated carbocycles. The molecule has 262 valence electrons. The number of hydrogen-bond donors (Lipinski definition) is 2. The van der Waals surface area contributed by atoms with Crippen molar-refractivity contribution in [3.05, 3.63) is 83.4 Å². The average Bonchev–Trinajstić information content (AvgIpc) is 3.76. The smallest absolute Gasteiger partial charge is 0.411 e. The lowest BCUT2D eigenvalue weighted by Crippen LogP contribution is -2.44. The van der Waals surface area contributed by atoms with Crippen LogP contribution in [-0.4, -0.2) is 78.3 Å². The summed E-state index contributed by atoms with van der Waals surface area (Å²) < 4.78 is 30.2. The van der Waals surface area contributed by atoms with E-state index >= 15 is 0 Å². The summed E-state index contributed by atoms with van der Waals surface area (Å²) in [7, 11) is 0. The topological polar surface area (TPSA) is 157 Å². The first-order chi connectivity index (χ1) is 23.5. The van der Waals surface area contributed by atoms with Crippen molar-refractivity contribution in [2.75, 3.05) is 31.6 Å². The maximum atomic E-state index is 13.7. The molecule has 1 fully saturated rings. The highest BCUT2D eigenvalue weighted by molar-refractivity contribution is 5.95. The zero-order chi connectivity index (χ0) is 35.3. The highest BCUT2D eigenvalue weighted by atomic mass is 19.1. The van der Waals surface area contributed by atoms with Crippen molar-refractivity contribution < 1.29 is 42.3 Å². The third kappa shape index (κ3) is 11.1. The number of anilines is 1. The van der Waals surface area contributed by atoms with E-state index in [-0.39, 0.29) is 43.4 Å². The second-order valence-electron chi connectivity index (χ2n) is 12.3. The number of cyclic esters (lactones) is 1. The number of fused-ring (bicyclic) bond motifs is 3. The number of carbonyl (C=O) groups is 5. The minimum absolute atomic E-state index is 0.00770. The largest absolute Gasteiger partial charge is 0.460 e. The van der Waals surface area contributed by atoms with Crippen LogP contribution in [0.2, 0.25) is 0 Å². The van der Waals surface area contributed by atoms with Crippen molar-refractivity contribution >= 4 is 35.7 Å². The number of Topliss-reactive ketones (excluding diaryl/α,β-unsaturated/α-hetero) is 1. The number of carbonyl (C=O) groups excluding carboxylic acids is 5. The molecular formula is C36H43FN4O8. The minimum atomic E-state index is -0.904. The molecule has 49 heavy (non-hydrogen) atoms. The number of ketones is 1. The molecule has 4 atom stereocenters. The molecule has 2 amide bonds. The number of amides is 2. The maximum Gasteiger partial charge on any atom is 0.411 e. The van der Waals surface area contributed by atoms with Gasteiger partial charge < -0.3 is 24.1 Å². The molecule has 12 nitrogen and oxygen atoms in total. The molecule has 13 heteroatoms. The van der Waals surface area contributed by atoms with Gasteiger partial charge in [-0.3, -0.25) is 19.7 Å². The van der Waals surface area contributed by atoms with E-state index in [9.17, 15) is 28.4 Å². The van der Waals surface area contributed by atoms with E-state index < -0.39 is 47.8 Å². The number of nitrogens with zero attached hydrogens (tertiary/aromatic N) is 2. The van der Waals surface area contributed by atoms with Crippen LogP contribution in [0.25, 0.3) is 0 Å². The van der Waals surface area contributed by atoms with Crippen LogP contribution in [0.4, 0.5) is 14.9 Å². The van der Waals surface area contributed by atoms with Gasteiger partial charge in [0.2, 0.25) is 5.89 Å². The number of halogens is 1. The highest BCUT2D eigenvalue weighted by Gasteiger charge is 2.39. The molecule has 2 bridgehead atoms. The Labute approximate surface area is 284 Å². The van der Waals surface area contributed by atoms with Gasteiger partial charge in [0.15, 0.2) is 5.69 Å². The zero-order valence-electron chi connectivity index (χ0n) is 28.0. The number of aromatic nitrogens is 1. The summed E-state index contributed by atoms with van der Waals surface area (Å²) >= 11 is 0. The van der Waals surface area contributed by atoms with Gasteiger partial charge >= 0.3 is 12.1 Å². The van der Waals surface area contributed by atoms with Crippen LogP contribution in [0.15, 0.2) is 70.4 Å². The SMILES string of the molecule is CC1=C\CCC(=O)Cc2nc(co2)C(=O)N2CCC[C@@H]2C(=O)O[C@H]([C@H](C)COC(=O)Nc2ccc(F)cc2)[C@H](C)/C=C(\C=O)CNC\C=C\1. The standard InChI is InChI=1S/C36H43FN4O8/c1-23-7-4-9-29(43)18-32-40-30(22-47-32)34(44)41-16-6-10-31(41)35(45)49-33(24(2)17-26(20-42)19-38-15-5-8-23)25(3)21-48-36(46)39-28-13-11-27(37)12-14-28/h5,7-8,11-14,17,20,22,24-25,31,33,38H,4,6,9-10,15-16,18-19,21H2,1-3H3,(H,39,46)/b8-5+,23-7+,26-17-/t24-,25-,31-,33+/m1/s1. The van der Waals surface area contributed by atoms with Crippen molar-refractivity contribution in [2.24, 2.45) is 11.8 Å². The van der Waals surface area contributed by atoms with Crippen LogP contribution in [0.1, 0.15) is 62.8 Å². The van der Waals surface area contributed by atoms with Gasteiger partial charge in [-0.15, -0.1) is 0 Å². The number of rotatable bonds is 5. The van der Waals surface area contributed by atoms with Crippen molar-refractivity contribution in [3.63, 3.8) is 0 Å². The second kappa shape index (κ2) is 18.0. The molecule has 3 heterocycles. The van der Waals surface area contributed by atoms with Gasteiger partial charge in [-0.05, 0) is 50.5 Å². The van der Waals surface area contributed by atoms with Gasteiger partial charge in [0.1, 0.15) is 36.3 Å². The Morgan fingerprint density at radius 2 is 2.02 bits per heavy atom. The van der Waals surface area contributed by atoms with Crippen LogP contribution in [0.5, 0.6) is 0 Å². The molecule has 2 aliphatic heterocycles. The molecule has 2 N–H and O–H groups in total. The van der Waals surface area contributed by atoms with Crippen LogP contribution in [0.3, 0.4) is 0 Å². The Hall–Kier alpha value is -4.91. The van der Waals surface area contributed by atoms with Crippen molar-refractivity contribution in [3.8, 4) is 0 Å². The molecule has 2 aromatic rings. The molecule has 1 aromatic carbocycles. The molecule has 0 unspecified atom stereocenters. The van der Waals surface area contributed by atoms with E-state index in [0.29, 0.717) is 43.6 Å². The Morgan fingerprint density at radius 3 is 2.78 bits per heavy atom. The summed E-state index contributed by atoms with van der Waals surface area (Å²) in [5, 5.41) is 5.72. The Morgan fingerprint density at radius 1 is 1.24 bits per heavy atom. The summed E-state index contributed by atoms with van der Waals surface area (Å²) in [6.45, 7) is 6.35. The summed E-state index contributed by atoms with van der Waals surface area (Å²) in [6.07, 6.45) is 9.47. The van der Waals surface area contributed by atoms with Gasteiger partial charge in [-0.25, -0.2) is 19.0 Å². The summed E-state index contributed by atoms with van der Waals surface area (Å²) in [4.78, 5) is 69.9. The number of benzene rings is 1. The van der Waals surface area contributed by atoms with E-state index in [4.69, 9.17) is 13.9 Å². The fourth-order valence-electron chi connectivity index (χ4n) is 5.74. The van der Waals surface area contributed by atoms with Crippen LogP contribution >= 0.6 is 0 Å². The Kier molecular flexibility index (Phi) is 13.6. The molecule has 1 saturated heterocycles. The van der Waals surface area contributed by atoms with E-state index in [1.54, 1.807) is 19.9 Å². The van der Waals surface area contributed by atoms with E-state index in [2.05, 4.69) is 15.6 Å². The molecule has 4 rings (SSSR count). The number of hydrogen-bond acceptors (Lipinski definition) is 10. The van der Waals surface area contributed by atoms with E-state index in [0.717, 1.165) is 11.9 Å². The van der Waals surface area contributed by atoms with Crippen molar-refractivity contribution in [2.45, 2.75) is 65.0 Å². The lowest BCUT2D eigenvalue weighted by Gasteiger charge is -2.31. The van der Waals surface area contributed by atoms with Crippen molar-refractivity contribution in [1.29, 1.82) is 0 Å². The Bertz CT molecular complexity index is 1580. The zero-order valence-corrected chi connectivity index (χ0v) is 28.0. The lowest BCUT2D eigenvalue weighted by molar-refractivity contribution is -0.159. The van der Waals surface area contributed by atoms with Crippen LogP contribution < -0.4 is 10.6 Å². The van der Waals surface area contributed by atoms with Gasteiger partial charge in [-0.1, -0.05) is 43.7 Å². The van der Waals surface area contributed by atoms with E-state index in [1.807, 2.05) is 25.2 Å². The monoisotopic (exact) mass is 678 g/mol. The summed E-state index contributed by atoms with van der Waals surface area (Å²) in [5.74, 6) is -2.60. The first-order valence-corrected chi connectivity index (χ1v) is 16.4. The summed E-state index contributed by atoms with van der Waals surface area (Å²) in [5.41, 5.74) is 1.75. The predicted octanol–water partition coefficient (Wildman–Crippen LogP) is 4.97. The van der Waals surface area contributed by atoms with Crippen molar-refractivity contribution in [1.82, 2.24) is 15.2 Å². The second-order valence-corrected chi connectivity index (χ2v) is 12.3. The fraction of sp³-hybridized carbons (Fsp3) is 0.444. The molecule has 2 aliphatic rings. The maximum absolute atomic E-state index is 13.7. The number of ether oxygens (including phenoxy) is 2. The van der Waals surface area contributed by atoms with Gasteiger partial charge in [-0.2, -0.15) is 0 Å². The molecular weight excluding hydrogens is 635 g/mol. The predicted molar refractivity (Wildman–Crippen MR) is 178 cm³/mol. The lowest BCUT2D eigenvalue weighted by atomic mass is 9.91. The number of oxazole rings is 1. The number of allylic oxidation sites excluding steroid dienone is 3. The van der Waals surface area contributed by atoms with Gasteiger partial charge in [0.25, 0.3) is 5.91 Å². The quantitative estimate of drug-likeness (QED) is 0.327. The van der Waals surface area contributed by atoms with Crippen LogP contribution in [0, 0.1) is 17.7 Å². The Balaban J connectivity index is 1.55. The first-order valence-electron chi connectivity index (χ1n) is 16.4. The first kappa shape index (κ1) is 36.9. The number of nitrogens with one attached hydrogen (secondary N) is 2.